The first-order valence-corrected chi connectivity index (χ1v) is 9.26. The summed E-state index contributed by atoms with van der Waals surface area (Å²) in [5, 5.41) is 6.71. The smallest absolute Gasteiger partial charge is 0.284 e. The number of nitrogens with zero attached hydrogens (tertiary/aromatic N) is 2. The highest BCUT2D eigenvalue weighted by atomic mass is 127. The van der Waals surface area contributed by atoms with Crippen LogP contribution in [0.25, 0.3) is 0 Å². The summed E-state index contributed by atoms with van der Waals surface area (Å²) in [6.45, 7) is 3.49. The van der Waals surface area contributed by atoms with Crippen LogP contribution < -0.4 is 16.4 Å². The third kappa shape index (κ3) is 6.52. The lowest BCUT2D eigenvalue weighted by molar-refractivity contribution is 0.0972. The number of nitrogens with one attached hydrogen (secondary N) is 2. The summed E-state index contributed by atoms with van der Waals surface area (Å²) in [7, 11) is 1.75. The van der Waals surface area contributed by atoms with Gasteiger partial charge in [-0.2, -0.15) is 0 Å². The van der Waals surface area contributed by atoms with Gasteiger partial charge in [0.1, 0.15) is 5.76 Å². The van der Waals surface area contributed by atoms with Gasteiger partial charge in [-0.3, -0.25) is 14.7 Å². The number of primary amides is 1. The molecule has 1 fully saturated rings. The SMILES string of the molecule is CN=C(NCc1ccc(C(N)=O)o1)NC1CCCN(Cc2ccccc2)C1.I. The molecule has 0 bridgehead atoms. The summed E-state index contributed by atoms with van der Waals surface area (Å²) in [6.07, 6.45) is 2.26. The number of hydrogen-bond acceptors (Lipinski definition) is 4. The summed E-state index contributed by atoms with van der Waals surface area (Å²) in [5.74, 6) is 0.961. The molecule has 1 atom stereocenters. The fraction of sp³-hybridized carbons (Fsp3) is 0.400. The Morgan fingerprint density at radius 1 is 1.29 bits per heavy atom. The standard InChI is InChI=1S/C20H27N5O2.HI/c1-22-20(23-12-17-9-10-18(27-17)19(21)26)24-16-8-5-11-25(14-16)13-15-6-3-2-4-7-15;/h2-4,6-7,9-10,16H,5,8,11-14H2,1H3,(H2,21,26)(H2,22,23,24);1H. The number of likely N-dealkylation sites (tertiary alicyclic amines) is 1. The summed E-state index contributed by atoms with van der Waals surface area (Å²) in [4.78, 5) is 17.9. The topological polar surface area (TPSA) is 95.9 Å². The summed E-state index contributed by atoms with van der Waals surface area (Å²) >= 11 is 0. The second-order valence-electron chi connectivity index (χ2n) is 6.76. The van der Waals surface area contributed by atoms with E-state index in [-0.39, 0.29) is 29.7 Å². The van der Waals surface area contributed by atoms with E-state index in [9.17, 15) is 4.79 Å². The largest absolute Gasteiger partial charge is 0.454 e. The Morgan fingerprint density at radius 3 is 2.75 bits per heavy atom. The van der Waals surface area contributed by atoms with E-state index < -0.39 is 5.91 Å². The molecule has 1 aromatic carbocycles. The molecular weight excluding hydrogens is 469 g/mol. The lowest BCUT2D eigenvalue weighted by Crippen LogP contribution is -2.50. The number of carbonyl (C=O) groups excluding carboxylic acids is 1. The molecule has 2 aromatic rings. The fourth-order valence-electron chi connectivity index (χ4n) is 3.32. The van der Waals surface area contributed by atoms with Crippen LogP contribution in [0.15, 0.2) is 51.9 Å². The van der Waals surface area contributed by atoms with Crippen LogP contribution in [0, 0.1) is 0 Å². The minimum atomic E-state index is -0.565. The number of amides is 1. The molecule has 0 aliphatic carbocycles. The van der Waals surface area contributed by atoms with E-state index in [2.05, 4.69) is 44.8 Å². The van der Waals surface area contributed by atoms with Crippen molar-refractivity contribution in [1.82, 2.24) is 15.5 Å². The van der Waals surface area contributed by atoms with E-state index in [0.29, 0.717) is 18.3 Å². The monoisotopic (exact) mass is 497 g/mol. The van der Waals surface area contributed by atoms with Crippen molar-refractivity contribution in [3.05, 3.63) is 59.5 Å². The van der Waals surface area contributed by atoms with Crippen molar-refractivity contribution in [1.29, 1.82) is 0 Å². The second-order valence-corrected chi connectivity index (χ2v) is 6.76. The Kier molecular flexibility index (Phi) is 8.78. The van der Waals surface area contributed by atoms with Gasteiger partial charge in [0.2, 0.25) is 0 Å². The minimum Gasteiger partial charge on any atom is -0.454 e. The third-order valence-electron chi connectivity index (χ3n) is 4.65. The highest BCUT2D eigenvalue weighted by Crippen LogP contribution is 2.14. The Hall–Kier alpha value is -2.07. The number of rotatable bonds is 6. The van der Waals surface area contributed by atoms with Crippen molar-refractivity contribution in [3.8, 4) is 0 Å². The molecule has 152 valence electrons. The number of benzene rings is 1. The molecule has 1 unspecified atom stereocenters. The summed E-state index contributed by atoms with van der Waals surface area (Å²) in [6, 6.07) is 14.2. The van der Waals surface area contributed by atoms with Gasteiger partial charge in [-0.25, -0.2) is 0 Å². The van der Waals surface area contributed by atoms with Crippen LogP contribution in [0.1, 0.15) is 34.7 Å². The Labute approximate surface area is 182 Å². The van der Waals surface area contributed by atoms with Crippen LogP contribution in [0.2, 0.25) is 0 Å². The molecule has 7 nitrogen and oxygen atoms in total. The quantitative estimate of drug-likeness (QED) is 0.324. The maximum absolute atomic E-state index is 11.1. The first kappa shape index (κ1) is 22.2. The molecule has 3 rings (SSSR count). The number of halogens is 1. The number of furan rings is 1. The molecule has 0 radical (unpaired) electrons. The molecule has 0 saturated carbocycles. The number of hydrogen-bond donors (Lipinski definition) is 3. The second kappa shape index (κ2) is 11.1. The zero-order valence-corrected chi connectivity index (χ0v) is 18.4. The molecule has 2 heterocycles. The highest BCUT2D eigenvalue weighted by Gasteiger charge is 2.20. The predicted octanol–water partition coefficient (Wildman–Crippen LogP) is 2.33. The third-order valence-corrected chi connectivity index (χ3v) is 4.65. The van der Waals surface area contributed by atoms with E-state index in [0.717, 1.165) is 38.4 Å². The maximum atomic E-state index is 11.1. The molecule has 8 heteroatoms. The molecule has 28 heavy (non-hydrogen) atoms. The van der Waals surface area contributed by atoms with Crippen molar-refractivity contribution in [2.45, 2.75) is 32.0 Å². The van der Waals surface area contributed by atoms with Gasteiger partial charge in [0.25, 0.3) is 5.91 Å². The van der Waals surface area contributed by atoms with E-state index in [1.807, 2.05) is 6.07 Å². The lowest BCUT2D eigenvalue weighted by atomic mass is 10.0. The van der Waals surface area contributed by atoms with Crippen LogP contribution in [-0.2, 0) is 13.1 Å². The van der Waals surface area contributed by atoms with E-state index in [4.69, 9.17) is 10.2 Å². The molecular formula is C20H28IN5O2. The van der Waals surface area contributed by atoms with Crippen molar-refractivity contribution in [3.63, 3.8) is 0 Å². The van der Waals surface area contributed by atoms with Crippen LogP contribution >= 0.6 is 24.0 Å². The fourth-order valence-corrected chi connectivity index (χ4v) is 3.32. The van der Waals surface area contributed by atoms with Gasteiger partial charge >= 0.3 is 0 Å². The Bertz CT molecular complexity index is 778. The van der Waals surface area contributed by atoms with E-state index in [1.54, 1.807) is 19.2 Å². The van der Waals surface area contributed by atoms with Gasteiger partial charge in [0, 0.05) is 26.2 Å². The van der Waals surface area contributed by atoms with Crippen molar-refractivity contribution in [2.75, 3.05) is 20.1 Å². The van der Waals surface area contributed by atoms with Gasteiger partial charge in [-0.05, 0) is 37.1 Å². The van der Waals surface area contributed by atoms with Crippen LogP contribution in [-0.4, -0.2) is 42.9 Å². The first-order chi connectivity index (χ1) is 13.1. The number of nitrogens with two attached hydrogens (primary N) is 1. The number of aliphatic imine (C=N–C) groups is 1. The number of piperidine rings is 1. The number of guanidine groups is 1. The molecule has 1 saturated heterocycles. The average molecular weight is 497 g/mol. The van der Waals surface area contributed by atoms with Gasteiger partial charge in [-0.1, -0.05) is 30.3 Å². The Balaban J connectivity index is 0.00000280. The van der Waals surface area contributed by atoms with Gasteiger partial charge in [-0.15, -0.1) is 24.0 Å². The summed E-state index contributed by atoms with van der Waals surface area (Å²) in [5.41, 5.74) is 6.54. The predicted molar refractivity (Wildman–Crippen MR) is 121 cm³/mol. The van der Waals surface area contributed by atoms with Crippen molar-refractivity contribution >= 4 is 35.8 Å². The summed E-state index contributed by atoms with van der Waals surface area (Å²) < 4.78 is 5.39. The van der Waals surface area contributed by atoms with E-state index >= 15 is 0 Å². The van der Waals surface area contributed by atoms with Crippen LogP contribution in [0.5, 0.6) is 0 Å². The first-order valence-electron chi connectivity index (χ1n) is 9.26. The van der Waals surface area contributed by atoms with Gasteiger partial charge in [0.05, 0.1) is 6.54 Å². The lowest BCUT2D eigenvalue weighted by Gasteiger charge is -2.33. The van der Waals surface area contributed by atoms with Crippen LogP contribution in [0.3, 0.4) is 0 Å². The molecule has 1 aliphatic heterocycles. The zero-order chi connectivity index (χ0) is 19.1. The molecule has 1 aromatic heterocycles. The van der Waals surface area contributed by atoms with Gasteiger partial charge in [0.15, 0.2) is 11.7 Å². The molecule has 4 N–H and O–H groups in total. The van der Waals surface area contributed by atoms with E-state index in [1.165, 1.54) is 5.56 Å². The highest BCUT2D eigenvalue weighted by molar-refractivity contribution is 14.0. The molecule has 0 spiro atoms. The normalized spacial score (nSPS) is 17.6. The average Bonchev–Trinajstić information content (AvgIpc) is 3.16. The van der Waals surface area contributed by atoms with Crippen molar-refractivity contribution < 1.29 is 9.21 Å². The number of carbonyl (C=O) groups is 1. The minimum absolute atomic E-state index is 0. The molecule has 1 amide bonds. The molecule has 1 aliphatic rings. The van der Waals surface area contributed by atoms with Crippen LogP contribution in [0.4, 0.5) is 0 Å². The Morgan fingerprint density at radius 2 is 2.07 bits per heavy atom. The maximum Gasteiger partial charge on any atom is 0.284 e. The van der Waals surface area contributed by atoms with Gasteiger partial charge < -0.3 is 20.8 Å². The van der Waals surface area contributed by atoms with Crippen molar-refractivity contribution in [2.24, 2.45) is 10.7 Å². The zero-order valence-electron chi connectivity index (χ0n) is 16.1.